The van der Waals surface area contributed by atoms with Gasteiger partial charge in [0.15, 0.2) is 5.82 Å². The molecule has 5 heteroatoms. The second-order valence-electron chi connectivity index (χ2n) is 2.87. The number of carbonyl (C=O) groups excluding carboxylic acids is 1. The van der Waals surface area contributed by atoms with Crippen LogP contribution in [0.25, 0.3) is 11.5 Å². The van der Waals surface area contributed by atoms with Crippen molar-refractivity contribution >= 4 is 6.29 Å². The van der Waals surface area contributed by atoms with E-state index in [0.29, 0.717) is 6.29 Å². The summed E-state index contributed by atoms with van der Waals surface area (Å²) in [5.74, 6) is -0.0907. The molecule has 15 heavy (non-hydrogen) atoms. The van der Waals surface area contributed by atoms with Gasteiger partial charge in [0.2, 0.25) is 0 Å². The molecule has 0 unspecified atom stereocenters. The Morgan fingerprint density at radius 2 is 2.20 bits per heavy atom. The van der Waals surface area contributed by atoms with Crippen LogP contribution < -0.4 is 0 Å². The first-order valence-electron chi connectivity index (χ1n) is 4.32. The maximum Gasteiger partial charge on any atom is 0.260 e. The number of aldehydes is 1. The van der Waals surface area contributed by atoms with Crippen LogP contribution >= 0.6 is 0 Å². The number of carbonyl (C=O) groups is 1. The molecule has 0 aliphatic heterocycles. The van der Waals surface area contributed by atoms with Gasteiger partial charge in [-0.2, -0.15) is 4.98 Å². The summed E-state index contributed by atoms with van der Waals surface area (Å²) < 4.78 is 18.1. The van der Waals surface area contributed by atoms with Gasteiger partial charge in [-0.15, -0.1) is 0 Å². The molecule has 4 nitrogen and oxygen atoms in total. The largest absolute Gasteiger partial charge is 0.334 e. The highest BCUT2D eigenvalue weighted by atomic mass is 19.1. The first-order chi connectivity index (χ1) is 7.31. The Labute approximate surface area is 84.7 Å². The minimum Gasteiger partial charge on any atom is -0.334 e. The fourth-order valence-corrected chi connectivity index (χ4v) is 1.16. The molecule has 0 aliphatic rings. The quantitative estimate of drug-likeness (QED) is 0.716. The minimum absolute atomic E-state index is 0.0674. The van der Waals surface area contributed by atoms with Gasteiger partial charge in [0.25, 0.3) is 5.89 Å². The van der Waals surface area contributed by atoms with E-state index in [2.05, 4.69) is 10.1 Å². The summed E-state index contributed by atoms with van der Waals surface area (Å²) in [5.41, 5.74) is 0.238. The van der Waals surface area contributed by atoms with Crippen molar-refractivity contribution in [2.24, 2.45) is 0 Å². The van der Waals surface area contributed by atoms with E-state index in [-0.39, 0.29) is 23.7 Å². The fraction of sp³-hybridized carbons (Fsp3) is 0.100. The van der Waals surface area contributed by atoms with Crippen LogP contribution in [-0.2, 0) is 11.2 Å². The Morgan fingerprint density at radius 3 is 2.93 bits per heavy atom. The highest BCUT2D eigenvalue weighted by Gasteiger charge is 2.11. The van der Waals surface area contributed by atoms with Crippen molar-refractivity contribution < 1.29 is 13.7 Å². The van der Waals surface area contributed by atoms with Crippen LogP contribution in [0.2, 0.25) is 0 Å². The molecule has 2 rings (SSSR count). The Morgan fingerprint density at radius 1 is 1.40 bits per heavy atom. The molecule has 0 atom stereocenters. The lowest BCUT2D eigenvalue weighted by Gasteiger charge is -1.94. The SMILES string of the molecule is O=CCc1noc(-c2ccccc2F)n1. The first-order valence-corrected chi connectivity index (χ1v) is 4.32. The van der Waals surface area contributed by atoms with Gasteiger partial charge in [-0.25, -0.2) is 4.39 Å². The highest BCUT2D eigenvalue weighted by molar-refractivity contribution is 5.55. The zero-order valence-electron chi connectivity index (χ0n) is 7.68. The Balaban J connectivity index is 2.37. The summed E-state index contributed by atoms with van der Waals surface area (Å²) in [6.45, 7) is 0. The van der Waals surface area contributed by atoms with Crippen LogP contribution in [0, 0.1) is 5.82 Å². The zero-order chi connectivity index (χ0) is 10.7. The smallest absolute Gasteiger partial charge is 0.260 e. The number of rotatable bonds is 3. The third-order valence-electron chi connectivity index (χ3n) is 1.84. The lowest BCUT2D eigenvalue weighted by Crippen LogP contribution is -1.88. The molecule has 0 aliphatic carbocycles. The van der Waals surface area contributed by atoms with Gasteiger partial charge >= 0.3 is 0 Å². The Kier molecular flexibility index (Phi) is 2.53. The number of benzene rings is 1. The molecule has 1 aromatic heterocycles. The molecule has 0 bridgehead atoms. The van der Waals surface area contributed by atoms with Crippen molar-refractivity contribution in [3.63, 3.8) is 0 Å². The van der Waals surface area contributed by atoms with Crippen molar-refractivity contribution in [2.75, 3.05) is 0 Å². The zero-order valence-corrected chi connectivity index (χ0v) is 7.68. The third kappa shape index (κ3) is 1.90. The molecule has 0 N–H and O–H groups in total. The second kappa shape index (κ2) is 4.00. The summed E-state index contributed by atoms with van der Waals surface area (Å²) in [6.07, 6.45) is 0.730. The molecule has 0 spiro atoms. The van der Waals surface area contributed by atoms with E-state index >= 15 is 0 Å². The highest BCUT2D eigenvalue weighted by Crippen LogP contribution is 2.20. The third-order valence-corrected chi connectivity index (χ3v) is 1.84. The number of hydrogen-bond acceptors (Lipinski definition) is 4. The lowest BCUT2D eigenvalue weighted by molar-refractivity contribution is -0.107. The predicted octanol–water partition coefficient (Wildman–Crippen LogP) is 1.62. The second-order valence-corrected chi connectivity index (χ2v) is 2.87. The molecule has 0 fully saturated rings. The maximum atomic E-state index is 13.3. The van der Waals surface area contributed by atoms with Gasteiger partial charge in [-0.1, -0.05) is 17.3 Å². The number of nitrogens with zero attached hydrogens (tertiary/aromatic N) is 2. The average molecular weight is 206 g/mol. The van der Waals surface area contributed by atoms with E-state index < -0.39 is 5.82 Å². The van der Waals surface area contributed by atoms with Crippen molar-refractivity contribution in [2.45, 2.75) is 6.42 Å². The number of aromatic nitrogens is 2. The molecule has 1 heterocycles. The maximum absolute atomic E-state index is 13.3. The molecule has 0 radical (unpaired) electrons. The average Bonchev–Trinajstić information content (AvgIpc) is 2.68. The van der Waals surface area contributed by atoms with Crippen LogP contribution in [0.1, 0.15) is 5.82 Å². The van der Waals surface area contributed by atoms with Gasteiger partial charge in [0.05, 0.1) is 12.0 Å². The van der Waals surface area contributed by atoms with E-state index in [0.717, 1.165) is 0 Å². The van der Waals surface area contributed by atoms with Crippen molar-refractivity contribution in [3.8, 4) is 11.5 Å². The summed E-state index contributed by atoms with van der Waals surface area (Å²) in [4.78, 5) is 14.1. The molecule has 76 valence electrons. The number of hydrogen-bond donors (Lipinski definition) is 0. The summed E-state index contributed by atoms with van der Waals surface area (Å²) in [6, 6.07) is 6.08. The first kappa shape index (κ1) is 9.51. The van der Waals surface area contributed by atoms with Crippen LogP contribution in [0.4, 0.5) is 4.39 Å². The van der Waals surface area contributed by atoms with Gasteiger partial charge < -0.3 is 9.32 Å². The van der Waals surface area contributed by atoms with Crippen molar-refractivity contribution in [3.05, 3.63) is 35.9 Å². The van der Waals surface area contributed by atoms with E-state index in [1.165, 1.54) is 12.1 Å². The van der Waals surface area contributed by atoms with Gasteiger partial charge in [0, 0.05) is 0 Å². The van der Waals surface area contributed by atoms with Crippen LogP contribution in [0.15, 0.2) is 28.8 Å². The van der Waals surface area contributed by atoms with Crippen molar-refractivity contribution in [1.29, 1.82) is 0 Å². The summed E-state index contributed by atoms with van der Waals surface area (Å²) in [5, 5.41) is 3.54. The predicted molar refractivity (Wildman–Crippen MR) is 49.5 cm³/mol. The van der Waals surface area contributed by atoms with Gasteiger partial charge in [-0.3, -0.25) is 0 Å². The Bertz CT molecular complexity index is 482. The topological polar surface area (TPSA) is 56.0 Å². The van der Waals surface area contributed by atoms with E-state index in [1.54, 1.807) is 12.1 Å². The van der Waals surface area contributed by atoms with Crippen LogP contribution in [0.3, 0.4) is 0 Å². The lowest BCUT2D eigenvalue weighted by atomic mass is 10.2. The monoisotopic (exact) mass is 206 g/mol. The summed E-state index contributed by atoms with van der Waals surface area (Å²) in [7, 11) is 0. The molecule has 0 saturated carbocycles. The van der Waals surface area contributed by atoms with Crippen LogP contribution in [0.5, 0.6) is 0 Å². The van der Waals surface area contributed by atoms with E-state index in [9.17, 15) is 9.18 Å². The molecular formula is C10H7FN2O2. The molecular weight excluding hydrogens is 199 g/mol. The normalized spacial score (nSPS) is 10.2. The standard InChI is InChI=1S/C10H7FN2O2/c11-8-4-2-1-3-7(8)10-12-9(5-6-14)13-15-10/h1-4,6H,5H2. The summed E-state index contributed by atoms with van der Waals surface area (Å²) >= 11 is 0. The number of halogens is 1. The van der Waals surface area contributed by atoms with Gasteiger partial charge in [-0.05, 0) is 12.1 Å². The molecule has 0 saturated heterocycles. The van der Waals surface area contributed by atoms with Crippen molar-refractivity contribution in [1.82, 2.24) is 10.1 Å². The Hall–Kier alpha value is -2.04. The molecule has 0 amide bonds. The molecule has 1 aromatic carbocycles. The molecule has 2 aromatic rings. The minimum atomic E-state index is -0.432. The van der Waals surface area contributed by atoms with Gasteiger partial charge in [0.1, 0.15) is 12.1 Å². The van der Waals surface area contributed by atoms with E-state index in [1.807, 2.05) is 0 Å². The fourth-order valence-electron chi connectivity index (χ4n) is 1.16. The van der Waals surface area contributed by atoms with E-state index in [4.69, 9.17) is 4.52 Å². The van der Waals surface area contributed by atoms with Crippen LogP contribution in [-0.4, -0.2) is 16.4 Å².